The van der Waals surface area contributed by atoms with Gasteiger partial charge < -0.3 is 9.84 Å². The van der Waals surface area contributed by atoms with E-state index in [1.54, 1.807) is 6.92 Å². The van der Waals surface area contributed by atoms with Crippen molar-refractivity contribution in [1.29, 1.82) is 5.26 Å². The third-order valence-electron chi connectivity index (χ3n) is 0.756. The number of hydrogen-bond donors (Lipinski definition) is 1. The molecule has 0 aliphatic heterocycles. The van der Waals surface area contributed by atoms with E-state index in [9.17, 15) is 4.79 Å². The molecule has 0 aromatic heterocycles. The molecule has 54 valence electrons. The van der Waals surface area contributed by atoms with E-state index in [1.165, 1.54) is 12.3 Å². The van der Waals surface area contributed by atoms with Crippen LogP contribution >= 0.6 is 0 Å². The quantitative estimate of drug-likeness (QED) is 0.359. The molecule has 0 fully saturated rings. The molecule has 0 saturated heterocycles. The van der Waals surface area contributed by atoms with Crippen LogP contribution in [-0.2, 0) is 9.53 Å². The van der Waals surface area contributed by atoms with Gasteiger partial charge >= 0.3 is 5.97 Å². The van der Waals surface area contributed by atoms with Crippen LogP contribution in [0.3, 0.4) is 0 Å². The topological polar surface area (TPSA) is 70.3 Å². The molecule has 0 amide bonds. The van der Waals surface area contributed by atoms with Gasteiger partial charge in [-0.15, -0.1) is 5.26 Å². The second kappa shape index (κ2) is 4.39. The molecule has 0 bridgehead atoms. The van der Waals surface area contributed by atoms with Crippen LogP contribution in [0, 0.1) is 11.5 Å². The molecule has 0 radical (unpaired) electrons. The van der Waals surface area contributed by atoms with E-state index in [0.717, 1.165) is 0 Å². The molecule has 4 heteroatoms. The average molecular weight is 141 g/mol. The predicted octanol–water partition coefficient (Wildman–Crippen LogP) is 0.863. The number of aliphatic carboxylic acids is 1. The number of allylic oxidation sites excluding steroid dienone is 1. The molecule has 0 aliphatic carbocycles. The van der Waals surface area contributed by atoms with Gasteiger partial charge in [0.25, 0.3) is 6.26 Å². The monoisotopic (exact) mass is 141 g/mol. The van der Waals surface area contributed by atoms with Crippen molar-refractivity contribution in [3.63, 3.8) is 0 Å². The minimum absolute atomic E-state index is 0.315. The van der Waals surface area contributed by atoms with Crippen LogP contribution < -0.4 is 0 Å². The van der Waals surface area contributed by atoms with Crippen molar-refractivity contribution in [2.45, 2.75) is 13.3 Å². The lowest BCUT2D eigenvalue weighted by Gasteiger charge is -1.92. The Morgan fingerprint density at radius 2 is 2.50 bits per heavy atom. The predicted molar refractivity (Wildman–Crippen MR) is 32.7 cm³/mol. The van der Waals surface area contributed by atoms with E-state index in [2.05, 4.69) is 4.74 Å². The molecule has 0 spiro atoms. The Kier molecular flexibility index (Phi) is 3.73. The molecule has 10 heavy (non-hydrogen) atoms. The van der Waals surface area contributed by atoms with Gasteiger partial charge in [-0.05, 0) is 12.5 Å². The zero-order valence-electron chi connectivity index (χ0n) is 5.50. The summed E-state index contributed by atoms with van der Waals surface area (Å²) in [6, 6.07) is 0. The first kappa shape index (κ1) is 8.50. The van der Waals surface area contributed by atoms with E-state index in [-0.39, 0.29) is 5.76 Å². The Morgan fingerprint density at radius 3 is 2.80 bits per heavy atom. The van der Waals surface area contributed by atoms with Crippen molar-refractivity contribution < 1.29 is 14.6 Å². The molecule has 0 atom stereocenters. The summed E-state index contributed by atoms with van der Waals surface area (Å²) in [5, 5.41) is 16.2. The summed E-state index contributed by atoms with van der Waals surface area (Å²) in [5.74, 6) is -1.53. The zero-order chi connectivity index (χ0) is 7.98. The minimum atomic E-state index is -1.22. The molecular weight excluding hydrogens is 134 g/mol. The van der Waals surface area contributed by atoms with Crippen molar-refractivity contribution >= 4 is 5.97 Å². The van der Waals surface area contributed by atoms with Gasteiger partial charge in [0.15, 0.2) is 0 Å². The highest BCUT2D eigenvalue weighted by Gasteiger charge is 2.06. The molecule has 0 rings (SSSR count). The second-order valence-corrected chi connectivity index (χ2v) is 1.48. The van der Waals surface area contributed by atoms with Crippen LogP contribution in [0.1, 0.15) is 13.3 Å². The van der Waals surface area contributed by atoms with Crippen molar-refractivity contribution in [3.8, 4) is 6.26 Å². The first-order valence-corrected chi connectivity index (χ1v) is 2.71. The first-order chi connectivity index (χ1) is 4.72. The summed E-state index contributed by atoms with van der Waals surface area (Å²) in [6.45, 7) is 1.75. The van der Waals surface area contributed by atoms with E-state index < -0.39 is 5.97 Å². The van der Waals surface area contributed by atoms with Gasteiger partial charge in [-0.25, -0.2) is 4.79 Å². The highest BCUT2D eigenvalue weighted by atomic mass is 16.5. The maximum atomic E-state index is 10.1. The Hall–Kier alpha value is -1.50. The van der Waals surface area contributed by atoms with E-state index >= 15 is 0 Å². The Balaban J connectivity index is 4.15. The van der Waals surface area contributed by atoms with Crippen LogP contribution in [0.5, 0.6) is 0 Å². The second-order valence-electron chi connectivity index (χ2n) is 1.48. The van der Waals surface area contributed by atoms with Gasteiger partial charge in [0.1, 0.15) is 0 Å². The summed E-state index contributed by atoms with van der Waals surface area (Å²) >= 11 is 0. The maximum absolute atomic E-state index is 10.1. The lowest BCUT2D eigenvalue weighted by molar-refractivity contribution is -0.135. The van der Waals surface area contributed by atoms with Gasteiger partial charge in [0.2, 0.25) is 5.76 Å². The SMILES string of the molecule is CC/C=C(/OC#N)C(=O)O. The normalized spacial score (nSPS) is 10.2. The van der Waals surface area contributed by atoms with Crippen LogP contribution in [-0.4, -0.2) is 11.1 Å². The van der Waals surface area contributed by atoms with Crippen LogP contribution in [0.15, 0.2) is 11.8 Å². The molecule has 0 aliphatic rings. The summed E-state index contributed by atoms with van der Waals surface area (Å²) < 4.78 is 4.11. The van der Waals surface area contributed by atoms with Gasteiger partial charge in [0.05, 0.1) is 0 Å². The number of nitrogens with zero attached hydrogens (tertiary/aromatic N) is 1. The lowest BCUT2D eigenvalue weighted by Crippen LogP contribution is -2.01. The summed E-state index contributed by atoms with van der Waals surface area (Å²) in [4.78, 5) is 10.1. The number of ether oxygens (including phenoxy) is 1. The number of hydrogen-bond acceptors (Lipinski definition) is 3. The lowest BCUT2D eigenvalue weighted by atomic mass is 10.4. The van der Waals surface area contributed by atoms with Crippen molar-refractivity contribution in [3.05, 3.63) is 11.8 Å². The Bertz CT molecular complexity index is 190. The number of nitriles is 1. The van der Waals surface area contributed by atoms with Crippen molar-refractivity contribution in [2.24, 2.45) is 0 Å². The molecular formula is C6H7NO3. The fraction of sp³-hybridized carbons (Fsp3) is 0.333. The van der Waals surface area contributed by atoms with Gasteiger partial charge in [0, 0.05) is 0 Å². The van der Waals surface area contributed by atoms with Gasteiger partial charge in [-0.3, -0.25) is 0 Å². The Morgan fingerprint density at radius 1 is 1.90 bits per heavy atom. The van der Waals surface area contributed by atoms with Crippen LogP contribution in [0.4, 0.5) is 0 Å². The average Bonchev–Trinajstić information content (AvgIpc) is 1.87. The number of carboxylic acids is 1. The highest BCUT2D eigenvalue weighted by Crippen LogP contribution is 1.97. The summed E-state index contributed by atoms with van der Waals surface area (Å²) in [5.41, 5.74) is 0. The minimum Gasteiger partial charge on any atom is -0.475 e. The number of carboxylic acid groups (broad SMARTS) is 1. The largest absolute Gasteiger partial charge is 0.475 e. The van der Waals surface area contributed by atoms with Crippen molar-refractivity contribution in [2.75, 3.05) is 0 Å². The molecule has 0 aromatic carbocycles. The van der Waals surface area contributed by atoms with E-state index in [4.69, 9.17) is 10.4 Å². The van der Waals surface area contributed by atoms with Crippen molar-refractivity contribution in [1.82, 2.24) is 0 Å². The Labute approximate surface area is 58.3 Å². The standard InChI is InChI=1S/C6H7NO3/c1-2-3-5(6(8)9)10-4-7/h3H,2H2,1H3,(H,8,9)/b5-3+. The van der Waals surface area contributed by atoms with Crippen LogP contribution in [0.2, 0.25) is 0 Å². The molecule has 0 unspecified atom stereocenters. The first-order valence-electron chi connectivity index (χ1n) is 2.71. The van der Waals surface area contributed by atoms with E-state index in [0.29, 0.717) is 6.42 Å². The highest BCUT2D eigenvalue weighted by molar-refractivity contribution is 5.84. The maximum Gasteiger partial charge on any atom is 0.372 e. The molecule has 0 saturated carbocycles. The summed E-state index contributed by atoms with van der Waals surface area (Å²) in [6.07, 6.45) is 3.14. The number of carbonyl (C=O) groups is 1. The molecule has 1 N–H and O–H groups in total. The molecule has 4 nitrogen and oxygen atoms in total. The van der Waals surface area contributed by atoms with E-state index in [1.807, 2.05) is 0 Å². The number of rotatable bonds is 3. The molecule has 0 heterocycles. The zero-order valence-corrected chi connectivity index (χ0v) is 5.50. The fourth-order valence-electron chi connectivity index (χ4n) is 0.407. The molecule has 0 aromatic rings. The summed E-state index contributed by atoms with van der Waals surface area (Å²) in [7, 11) is 0. The van der Waals surface area contributed by atoms with Gasteiger partial charge in [-0.2, -0.15) is 0 Å². The van der Waals surface area contributed by atoms with Gasteiger partial charge in [-0.1, -0.05) is 6.92 Å². The smallest absolute Gasteiger partial charge is 0.372 e. The fourth-order valence-corrected chi connectivity index (χ4v) is 0.407. The third-order valence-corrected chi connectivity index (χ3v) is 0.756. The van der Waals surface area contributed by atoms with Crippen LogP contribution in [0.25, 0.3) is 0 Å². The third kappa shape index (κ3) is 2.72.